The second-order valence-electron chi connectivity index (χ2n) is 12.0. The average Bonchev–Trinajstić information content (AvgIpc) is 3.02. The lowest BCUT2D eigenvalue weighted by atomic mass is 9.44. The summed E-state index contributed by atoms with van der Waals surface area (Å²) in [5, 5.41) is 0. The third-order valence-corrected chi connectivity index (χ3v) is 10.8. The summed E-state index contributed by atoms with van der Waals surface area (Å²) in [7, 11) is 0. The summed E-state index contributed by atoms with van der Waals surface area (Å²) in [5.41, 5.74) is 2.56. The van der Waals surface area contributed by atoms with Crippen LogP contribution in [0.3, 0.4) is 0 Å². The molecule has 0 nitrogen and oxygen atoms in total. The number of hydrogen-bond donors (Lipinski definition) is 0. The van der Waals surface area contributed by atoms with Crippen molar-refractivity contribution in [3.05, 3.63) is 24.3 Å². The molecule has 0 N–H and O–H groups in total. The number of hydrogen-bond acceptors (Lipinski definition) is 0. The molecule has 0 aromatic heterocycles. The highest BCUT2D eigenvalue weighted by atomic mass is 14.6. The minimum atomic E-state index is 0.518. The lowest BCUT2D eigenvalue weighted by molar-refractivity contribution is -0.112. The molecule has 0 radical (unpaired) electrons. The summed E-state index contributed by atoms with van der Waals surface area (Å²) < 4.78 is 0. The van der Waals surface area contributed by atoms with Crippen molar-refractivity contribution < 1.29 is 0 Å². The van der Waals surface area contributed by atoms with E-state index < -0.39 is 0 Å². The van der Waals surface area contributed by atoms with Gasteiger partial charge < -0.3 is 0 Å². The molecule has 1 unspecified atom stereocenters. The Hall–Kier alpha value is -0.520. The van der Waals surface area contributed by atoms with Gasteiger partial charge in [-0.3, -0.25) is 0 Å². The van der Waals surface area contributed by atoms with Crippen molar-refractivity contribution >= 4 is 0 Å². The first-order valence-corrected chi connectivity index (χ1v) is 12.6. The maximum atomic E-state index is 4.14. The predicted octanol–water partition coefficient (Wildman–Crippen LogP) is 8.44. The molecule has 4 fully saturated rings. The van der Waals surface area contributed by atoms with Crippen molar-refractivity contribution in [3.8, 4) is 0 Å². The van der Waals surface area contributed by atoms with Crippen LogP contribution < -0.4 is 0 Å². The molecule has 158 valence electrons. The van der Waals surface area contributed by atoms with Crippen LogP contribution in [0.4, 0.5) is 0 Å². The first kappa shape index (κ1) is 20.7. The average molecular weight is 383 g/mol. The topological polar surface area (TPSA) is 0 Å². The molecule has 0 aromatic carbocycles. The summed E-state index contributed by atoms with van der Waals surface area (Å²) in [6.45, 7) is 16.5. The normalized spacial score (nSPS) is 47.8. The summed E-state index contributed by atoms with van der Waals surface area (Å²) in [4.78, 5) is 0. The van der Waals surface area contributed by atoms with Crippen molar-refractivity contribution in [1.29, 1.82) is 0 Å². The maximum absolute atomic E-state index is 4.14. The fraction of sp³-hybridized carbons (Fsp3) is 0.857. The summed E-state index contributed by atoms with van der Waals surface area (Å²) in [6, 6.07) is 0. The molecule has 0 aliphatic heterocycles. The zero-order valence-electron chi connectivity index (χ0n) is 19.5. The molecule has 28 heavy (non-hydrogen) atoms. The zero-order chi connectivity index (χ0) is 20.1. The monoisotopic (exact) mass is 382 g/mol. The van der Waals surface area contributed by atoms with Gasteiger partial charge >= 0.3 is 0 Å². The van der Waals surface area contributed by atoms with Gasteiger partial charge in [-0.25, -0.2) is 0 Å². The third-order valence-electron chi connectivity index (χ3n) is 10.8. The Kier molecular flexibility index (Phi) is 5.65. The van der Waals surface area contributed by atoms with E-state index in [4.69, 9.17) is 0 Å². The van der Waals surface area contributed by atoms with E-state index in [1.54, 1.807) is 12.8 Å². The van der Waals surface area contributed by atoms with E-state index >= 15 is 0 Å². The third kappa shape index (κ3) is 3.26. The van der Waals surface area contributed by atoms with Crippen LogP contribution in [0.1, 0.15) is 98.8 Å². The second kappa shape index (κ2) is 7.63. The van der Waals surface area contributed by atoms with Gasteiger partial charge in [-0.1, -0.05) is 64.8 Å². The Morgan fingerprint density at radius 1 is 0.857 bits per heavy atom. The molecule has 0 aromatic rings. The zero-order valence-corrected chi connectivity index (χ0v) is 19.5. The summed E-state index contributed by atoms with van der Waals surface area (Å²) >= 11 is 0. The summed E-state index contributed by atoms with van der Waals surface area (Å²) in [6.07, 6.45) is 20.2. The number of rotatable bonds is 4. The number of allylic oxidation sites excluding steroid dienone is 3. The fourth-order valence-electron chi connectivity index (χ4n) is 8.84. The highest BCUT2D eigenvalue weighted by Crippen LogP contribution is 2.68. The van der Waals surface area contributed by atoms with Crippen molar-refractivity contribution in [2.24, 2.45) is 52.3 Å². The van der Waals surface area contributed by atoms with Crippen molar-refractivity contribution in [3.63, 3.8) is 0 Å². The van der Waals surface area contributed by atoms with Crippen LogP contribution >= 0.6 is 0 Å². The minimum absolute atomic E-state index is 0.518. The van der Waals surface area contributed by atoms with E-state index in [0.29, 0.717) is 16.7 Å². The Morgan fingerprint density at radius 2 is 1.61 bits per heavy atom. The molecule has 0 spiro atoms. The van der Waals surface area contributed by atoms with Crippen LogP contribution in [-0.4, -0.2) is 0 Å². The maximum Gasteiger partial charge on any atom is -0.00570 e. The van der Waals surface area contributed by atoms with Gasteiger partial charge in [0.15, 0.2) is 0 Å². The van der Waals surface area contributed by atoms with Gasteiger partial charge in [0.25, 0.3) is 0 Å². The molecule has 9 atom stereocenters. The van der Waals surface area contributed by atoms with Crippen LogP contribution in [0.5, 0.6) is 0 Å². The van der Waals surface area contributed by atoms with Gasteiger partial charge in [0, 0.05) is 0 Å². The molecule has 0 amide bonds. The first-order valence-electron chi connectivity index (χ1n) is 12.6. The van der Waals surface area contributed by atoms with Crippen LogP contribution in [0.25, 0.3) is 0 Å². The molecule has 4 saturated carbocycles. The Labute approximate surface area is 175 Å². The van der Waals surface area contributed by atoms with Crippen LogP contribution in [-0.2, 0) is 0 Å². The molecule has 4 aliphatic rings. The molecule has 4 rings (SSSR count). The van der Waals surface area contributed by atoms with Crippen molar-refractivity contribution in [1.82, 2.24) is 0 Å². The quantitative estimate of drug-likeness (QED) is 0.428. The van der Waals surface area contributed by atoms with Gasteiger partial charge in [-0.2, -0.15) is 0 Å². The molecular formula is C28H46. The molecular weight excluding hydrogens is 336 g/mol. The van der Waals surface area contributed by atoms with E-state index in [2.05, 4.69) is 53.3 Å². The van der Waals surface area contributed by atoms with Crippen LogP contribution in [0, 0.1) is 52.3 Å². The first-order chi connectivity index (χ1) is 13.3. The molecule has 0 bridgehead atoms. The van der Waals surface area contributed by atoms with Crippen LogP contribution in [0.2, 0.25) is 0 Å². The molecule has 0 heteroatoms. The largest absolute Gasteiger partial charge is 0.0996 e. The van der Waals surface area contributed by atoms with E-state index in [-0.39, 0.29) is 0 Å². The number of fused-ring (bicyclic) bond motifs is 5. The second-order valence-corrected chi connectivity index (χ2v) is 12.0. The van der Waals surface area contributed by atoms with Gasteiger partial charge in [-0.05, 0) is 111 Å². The van der Waals surface area contributed by atoms with E-state index in [1.165, 1.54) is 56.9 Å². The van der Waals surface area contributed by atoms with Gasteiger partial charge in [-0.15, -0.1) is 0 Å². The van der Waals surface area contributed by atoms with Crippen LogP contribution in [0.15, 0.2) is 24.3 Å². The predicted molar refractivity (Wildman–Crippen MR) is 122 cm³/mol. The van der Waals surface area contributed by atoms with E-state index in [9.17, 15) is 0 Å². The molecule has 0 heterocycles. The highest BCUT2D eigenvalue weighted by Gasteiger charge is 2.59. The van der Waals surface area contributed by atoms with Crippen molar-refractivity contribution in [2.75, 3.05) is 0 Å². The Balaban J connectivity index is 1.51. The SMILES string of the molecule is C=C(C)[C@@H](C)C=C[C@@H](C)[C@H]1CC[C@H]2[C@@H]3CCC4CCCC[C@]4(C)[C@H]3CC[C@]12C. The van der Waals surface area contributed by atoms with Gasteiger partial charge in [0.2, 0.25) is 0 Å². The fourth-order valence-corrected chi connectivity index (χ4v) is 8.84. The van der Waals surface area contributed by atoms with Gasteiger partial charge in [0.1, 0.15) is 0 Å². The lowest BCUT2D eigenvalue weighted by Gasteiger charge is -2.60. The van der Waals surface area contributed by atoms with Crippen molar-refractivity contribution in [2.45, 2.75) is 98.8 Å². The smallest absolute Gasteiger partial charge is 0.00570 e. The minimum Gasteiger partial charge on any atom is -0.0996 e. The standard InChI is InChI=1S/C28H46/c1-19(2)20(3)10-11-21(4)24-14-15-25-23-13-12-22-9-7-8-17-27(22,5)26(23)16-18-28(24,25)6/h10-11,20-26H,1,7-9,12-18H2,2-6H3/t20-,21+,22?,23-,24+,25-,26-,27-,28+/m0/s1. The molecule has 0 saturated heterocycles. The highest BCUT2D eigenvalue weighted by molar-refractivity contribution is 5.12. The lowest BCUT2D eigenvalue weighted by Crippen LogP contribution is -2.53. The molecule has 4 aliphatic carbocycles. The summed E-state index contributed by atoms with van der Waals surface area (Å²) in [5.74, 6) is 6.26. The van der Waals surface area contributed by atoms with E-state index in [1.807, 2.05) is 0 Å². The van der Waals surface area contributed by atoms with E-state index in [0.717, 1.165) is 35.5 Å². The Morgan fingerprint density at radius 3 is 2.36 bits per heavy atom. The Bertz CT molecular complexity index is 614. The van der Waals surface area contributed by atoms with Gasteiger partial charge in [0.05, 0.1) is 0 Å².